The third-order valence-electron chi connectivity index (χ3n) is 8.68. The minimum Gasteiger partial charge on any atom is -0.414 e. The molecule has 2 N–H and O–H groups in total. The summed E-state index contributed by atoms with van der Waals surface area (Å²) in [5, 5.41) is 15.5. The number of nitrogens with two attached hydrogens (primary N) is 1. The van der Waals surface area contributed by atoms with Crippen molar-refractivity contribution < 1.29 is 9.16 Å². The maximum absolute atomic E-state index is 9.71. The van der Waals surface area contributed by atoms with Crippen LogP contribution in [0.2, 0.25) is 43.8 Å². The molecule has 0 saturated heterocycles. The smallest absolute Gasteiger partial charge is 0.192 e. The summed E-state index contributed by atoms with van der Waals surface area (Å²) in [5.41, 5.74) is 8.79. The molecule has 218 valence electrons. The van der Waals surface area contributed by atoms with E-state index in [0.29, 0.717) is 24.9 Å². The fraction of sp³-hybridized carbons (Fsp3) is 0.655. The number of ether oxygens (including phenoxy) is 1. The maximum atomic E-state index is 9.71. The van der Waals surface area contributed by atoms with E-state index in [1.165, 1.54) is 0 Å². The monoisotopic (exact) mass is 581 g/mol. The van der Waals surface area contributed by atoms with Crippen molar-refractivity contribution in [3.8, 4) is 17.3 Å². The fourth-order valence-corrected chi connectivity index (χ4v) is 7.37. The van der Waals surface area contributed by atoms with Crippen LogP contribution in [0.3, 0.4) is 0 Å². The molecule has 1 fully saturated rings. The Balaban J connectivity index is 1.53. The summed E-state index contributed by atoms with van der Waals surface area (Å²) in [7, 11) is -3.00. The zero-order chi connectivity index (χ0) is 29.3. The number of aromatic nitrogens is 5. The minimum atomic E-state index is -1.86. The molecule has 1 saturated carbocycles. The van der Waals surface area contributed by atoms with E-state index in [0.717, 1.165) is 54.2 Å². The van der Waals surface area contributed by atoms with Crippen LogP contribution >= 0.6 is 0 Å². The van der Waals surface area contributed by atoms with Gasteiger partial charge in [-0.05, 0) is 55.4 Å². The average Bonchev–Trinajstić information content (AvgIpc) is 3.57. The van der Waals surface area contributed by atoms with Gasteiger partial charge < -0.3 is 19.5 Å². The van der Waals surface area contributed by atoms with Gasteiger partial charge in [-0.25, -0.2) is 9.97 Å². The number of nitriles is 1. The molecule has 3 unspecified atom stereocenters. The van der Waals surface area contributed by atoms with Crippen LogP contribution in [0.25, 0.3) is 22.3 Å². The van der Waals surface area contributed by atoms with Crippen molar-refractivity contribution in [2.45, 2.75) is 109 Å². The maximum Gasteiger partial charge on any atom is 0.192 e. The van der Waals surface area contributed by atoms with Gasteiger partial charge in [0.1, 0.15) is 18.7 Å². The molecular weight excluding hydrogens is 535 g/mol. The van der Waals surface area contributed by atoms with E-state index >= 15 is 0 Å². The molecule has 0 aliphatic heterocycles. The largest absolute Gasteiger partial charge is 0.414 e. The number of nitrogens with zero attached hydrogens (tertiary/aromatic N) is 6. The summed E-state index contributed by atoms with van der Waals surface area (Å²) in [6, 6.07) is 5.46. The van der Waals surface area contributed by atoms with E-state index < -0.39 is 16.4 Å². The Kier molecular flexibility index (Phi) is 8.95. The molecule has 3 atom stereocenters. The highest BCUT2D eigenvalue weighted by Crippen LogP contribution is 2.43. The first-order valence-corrected chi connectivity index (χ1v) is 21.1. The molecule has 0 radical (unpaired) electrons. The summed E-state index contributed by atoms with van der Waals surface area (Å²) in [5.74, 6) is 0.718. The highest BCUT2D eigenvalue weighted by molar-refractivity contribution is 6.76. The Morgan fingerprint density at radius 2 is 1.93 bits per heavy atom. The molecule has 3 aromatic rings. The average molecular weight is 582 g/mol. The van der Waals surface area contributed by atoms with Gasteiger partial charge in [-0.15, -0.1) is 0 Å². The topological polar surface area (TPSA) is 117 Å². The van der Waals surface area contributed by atoms with Crippen molar-refractivity contribution in [2.24, 2.45) is 5.92 Å². The van der Waals surface area contributed by atoms with Gasteiger partial charge in [-0.1, -0.05) is 40.4 Å². The lowest BCUT2D eigenvalue weighted by atomic mass is 9.96. The Bertz CT molecular complexity index is 1350. The predicted molar refractivity (Wildman–Crippen MR) is 166 cm³/mol. The molecule has 0 aromatic carbocycles. The second-order valence-electron chi connectivity index (χ2n) is 14.0. The summed E-state index contributed by atoms with van der Waals surface area (Å²) < 4.78 is 16.6. The highest BCUT2D eigenvalue weighted by atomic mass is 28.4. The van der Waals surface area contributed by atoms with Crippen molar-refractivity contribution in [3.63, 3.8) is 0 Å². The van der Waals surface area contributed by atoms with E-state index in [2.05, 4.69) is 69.5 Å². The predicted octanol–water partition coefficient (Wildman–Crippen LogP) is 6.83. The van der Waals surface area contributed by atoms with Crippen molar-refractivity contribution in [1.29, 1.82) is 5.26 Å². The lowest BCUT2D eigenvalue weighted by Gasteiger charge is -2.38. The molecule has 0 spiro atoms. The van der Waals surface area contributed by atoms with E-state index in [1.807, 2.05) is 27.7 Å². The van der Waals surface area contributed by atoms with Gasteiger partial charge in [0.05, 0.1) is 29.8 Å². The van der Waals surface area contributed by atoms with Crippen LogP contribution in [0.5, 0.6) is 0 Å². The SMILES string of the molecule is CC(C)(C)[Si](C)(C)OC1CCC(C(CC#N)n2cc(-c3ncnc4c3ccn4COCC[Si](C)(C)C)c(N)n2)C1. The third-order valence-corrected chi connectivity index (χ3v) is 14.9. The second kappa shape index (κ2) is 11.8. The van der Waals surface area contributed by atoms with Gasteiger partial charge >= 0.3 is 0 Å². The van der Waals surface area contributed by atoms with Gasteiger partial charge in [0.25, 0.3) is 0 Å². The van der Waals surface area contributed by atoms with Gasteiger partial charge in [0.2, 0.25) is 0 Å². The molecule has 3 aromatic heterocycles. The molecular formula is C29H47N7O2Si2. The summed E-state index contributed by atoms with van der Waals surface area (Å²) in [6.45, 7) is 19.7. The van der Waals surface area contributed by atoms with Gasteiger partial charge in [-0.2, -0.15) is 10.4 Å². The van der Waals surface area contributed by atoms with Crippen molar-refractivity contribution >= 4 is 33.2 Å². The standard InChI is InChI=1S/C29H47N7O2Si2/c1-29(2,3)40(7,8)38-22-10-9-21(17-22)25(11-13-30)36-18-24(27(31)34-36)26-23-12-14-35(28(23)33-19-32-26)20-37-15-16-39(4,5)6/h12,14,18-19,21-22,25H,9-11,15-17,20H2,1-8H3,(H2,31,34). The van der Waals surface area contributed by atoms with Crippen LogP contribution in [-0.4, -0.2) is 53.4 Å². The zero-order valence-electron chi connectivity index (χ0n) is 25.6. The molecule has 4 rings (SSSR count). The first kappa shape index (κ1) is 30.4. The normalized spacial score (nSPS) is 19.3. The summed E-state index contributed by atoms with van der Waals surface area (Å²) in [6.07, 6.45) is 9.09. The molecule has 1 aliphatic rings. The van der Waals surface area contributed by atoms with Crippen LogP contribution in [0.4, 0.5) is 5.82 Å². The van der Waals surface area contributed by atoms with Crippen LogP contribution in [0, 0.1) is 17.2 Å². The number of hydrogen-bond acceptors (Lipinski definition) is 7. The Morgan fingerprint density at radius 1 is 1.18 bits per heavy atom. The molecule has 3 heterocycles. The second-order valence-corrected chi connectivity index (χ2v) is 24.4. The number of anilines is 1. The van der Waals surface area contributed by atoms with E-state index in [4.69, 9.17) is 20.0 Å². The van der Waals surface area contributed by atoms with Crippen molar-refractivity contribution in [3.05, 3.63) is 24.8 Å². The Morgan fingerprint density at radius 3 is 2.60 bits per heavy atom. The fourth-order valence-electron chi connectivity index (χ4n) is 5.21. The first-order valence-electron chi connectivity index (χ1n) is 14.5. The Labute approximate surface area is 241 Å². The van der Waals surface area contributed by atoms with Crippen LogP contribution < -0.4 is 5.73 Å². The molecule has 0 amide bonds. The molecule has 40 heavy (non-hydrogen) atoms. The number of nitrogen functional groups attached to an aromatic ring is 1. The number of fused-ring (bicyclic) bond motifs is 1. The number of rotatable bonds is 11. The van der Waals surface area contributed by atoms with Gasteiger partial charge in [0, 0.05) is 38.6 Å². The quantitative estimate of drug-likeness (QED) is 0.195. The van der Waals surface area contributed by atoms with Gasteiger partial charge in [0.15, 0.2) is 14.1 Å². The lowest BCUT2D eigenvalue weighted by Crippen LogP contribution is -2.43. The van der Waals surface area contributed by atoms with Crippen molar-refractivity contribution in [2.75, 3.05) is 12.3 Å². The van der Waals surface area contributed by atoms with E-state index in [9.17, 15) is 5.26 Å². The molecule has 9 nitrogen and oxygen atoms in total. The van der Waals surface area contributed by atoms with Crippen LogP contribution in [0.15, 0.2) is 24.8 Å². The van der Waals surface area contributed by atoms with Crippen LogP contribution in [0.1, 0.15) is 52.5 Å². The zero-order valence-corrected chi connectivity index (χ0v) is 27.6. The van der Waals surface area contributed by atoms with Crippen molar-refractivity contribution in [1.82, 2.24) is 24.3 Å². The highest BCUT2D eigenvalue weighted by Gasteiger charge is 2.42. The number of hydrogen-bond donors (Lipinski definition) is 1. The van der Waals surface area contributed by atoms with E-state index in [-0.39, 0.29) is 17.2 Å². The molecule has 0 bridgehead atoms. The first-order chi connectivity index (χ1) is 18.7. The molecule has 1 aliphatic carbocycles. The van der Waals surface area contributed by atoms with Crippen LogP contribution in [-0.2, 0) is 15.9 Å². The lowest BCUT2D eigenvalue weighted by molar-refractivity contribution is 0.0899. The summed E-state index contributed by atoms with van der Waals surface area (Å²) >= 11 is 0. The Hall–Kier alpha value is -2.53. The summed E-state index contributed by atoms with van der Waals surface area (Å²) in [4.78, 5) is 9.13. The third kappa shape index (κ3) is 6.85. The molecule has 11 heteroatoms. The minimum absolute atomic E-state index is 0.0595. The van der Waals surface area contributed by atoms with E-state index in [1.54, 1.807) is 6.33 Å². The van der Waals surface area contributed by atoms with Gasteiger partial charge in [-0.3, -0.25) is 4.68 Å².